The predicted molar refractivity (Wildman–Crippen MR) is 99.3 cm³/mol. The van der Waals surface area contributed by atoms with Gasteiger partial charge >= 0.3 is 0 Å². The van der Waals surface area contributed by atoms with Crippen LogP contribution in [0.3, 0.4) is 0 Å². The first-order valence-corrected chi connectivity index (χ1v) is 8.66. The van der Waals surface area contributed by atoms with Gasteiger partial charge in [0.25, 0.3) is 0 Å². The summed E-state index contributed by atoms with van der Waals surface area (Å²) in [5, 5.41) is 7.97. The first-order valence-electron chi connectivity index (χ1n) is 8.66. The molecule has 0 radical (unpaired) electrons. The standard InChI is InChI=1S/C19H31N5/c1-9-14-13(12-24(8)23-14)11-20-16-10-15(18(2,3)4)21-17(22-16)19(5,6)7/h10,12H,9,11H2,1-8H3,(H,20,21,22). The molecule has 0 bridgehead atoms. The number of aromatic nitrogens is 4. The molecule has 0 aliphatic rings. The van der Waals surface area contributed by atoms with E-state index in [1.807, 2.05) is 11.7 Å². The number of anilines is 1. The van der Waals surface area contributed by atoms with Gasteiger partial charge < -0.3 is 5.32 Å². The second-order valence-corrected chi connectivity index (χ2v) is 8.44. The van der Waals surface area contributed by atoms with Crippen LogP contribution in [0, 0.1) is 0 Å². The molecule has 0 aliphatic heterocycles. The Kier molecular flexibility index (Phi) is 5.02. The summed E-state index contributed by atoms with van der Waals surface area (Å²) >= 11 is 0. The second-order valence-electron chi connectivity index (χ2n) is 8.44. The van der Waals surface area contributed by atoms with Crippen LogP contribution in [0.2, 0.25) is 0 Å². The maximum atomic E-state index is 4.80. The Labute approximate surface area is 145 Å². The highest BCUT2D eigenvalue weighted by atomic mass is 15.3. The summed E-state index contributed by atoms with van der Waals surface area (Å²) in [5.41, 5.74) is 3.31. The molecule has 1 N–H and O–H groups in total. The third-order valence-electron chi connectivity index (χ3n) is 3.95. The topological polar surface area (TPSA) is 55.6 Å². The Balaban J connectivity index is 2.32. The van der Waals surface area contributed by atoms with Crippen LogP contribution in [0.15, 0.2) is 12.3 Å². The van der Waals surface area contributed by atoms with Crippen molar-refractivity contribution in [2.45, 2.75) is 72.3 Å². The van der Waals surface area contributed by atoms with Crippen molar-refractivity contribution in [2.75, 3.05) is 5.32 Å². The zero-order valence-corrected chi connectivity index (χ0v) is 16.4. The fourth-order valence-electron chi connectivity index (χ4n) is 2.47. The summed E-state index contributed by atoms with van der Waals surface area (Å²) in [6.45, 7) is 15.8. The molecule has 0 amide bonds. The molecular formula is C19H31N5. The fourth-order valence-corrected chi connectivity index (χ4v) is 2.47. The molecule has 5 heteroatoms. The van der Waals surface area contributed by atoms with Gasteiger partial charge in [-0.2, -0.15) is 5.10 Å². The molecule has 0 aliphatic carbocycles. The lowest BCUT2D eigenvalue weighted by molar-refractivity contribution is 0.514. The van der Waals surface area contributed by atoms with Crippen LogP contribution in [-0.2, 0) is 30.8 Å². The highest BCUT2D eigenvalue weighted by Crippen LogP contribution is 2.27. The van der Waals surface area contributed by atoms with Crippen LogP contribution in [0.5, 0.6) is 0 Å². The van der Waals surface area contributed by atoms with Gasteiger partial charge in [-0.1, -0.05) is 48.5 Å². The van der Waals surface area contributed by atoms with Crippen LogP contribution in [0.25, 0.3) is 0 Å². The van der Waals surface area contributed by atoms with E-state index in [0.29, 0.717) is 0 Å². The number of nitrogens with zero attached hydrogens (tertiary/aromatic N) is 4. The van der Waals surface area contributed by atoms with E-state index < -0.39 is 0 Å². The molecule has 2 heterocycles. The Bertz CT molecular complexity index is 669. The van der Waals surface area contributed by atoms with Gasteiger partial charge in [0.15, 0.2) is 0 Å². The van der Waals surface area contributed by atoms with Crippen molar-refractivity contribution in [2.24, 2.45) is 7.05 Å². The van der Waals surface area contributed by atoms with Crippen molar-refractivity contribution >= 4 is 5.82 Å². The van der Waals surface area contributed by atoms with Gasteiger partial charge in [0, 0.05) is 42.2 Å². The molecular weight excluding hydrogens is 298 g/mol. The van der Waals surface area contributed by atoms with E-state index >= 15 is 0 Å². The first kappa shape index (κ1) is 18.4. The largest absolute Gasteiger partial charge is 0.366 e. The Morgan fingerprint density at radius 1 is 1.04 bits per heavy atom. The van der Waals surface area contributed by atoms with Crippen LogP contribution >= 0.6 is 0 Å². The van der Waals surface area contributed by atoms with E-state index in [4.69, 9.17) is 9.97 Å². The molecule has 24 heavy (non-hydrogen) atoms. The molecule has 2 rings (SSSR count). The lowest BCUT2D eigenvalue weighted by Gasteiger charge is -2.24. The van der Waals surface area contributed by atoms with Crippen LogP contribution < -0.4 is 5.32 Å². The molecule has 0 spiro atoms. The summed E-state index contributed by atoms with van der Waals surface area (Å²) in [7, 11) is 1.96. The lowest BCUT2D eigenvalue weighted by atomic mass is 9.90. The maximum absolute atomic E-state index is 4.80. The van der Waals surface area contributed by atoms with Crippen LogP contribution in [0.1, 0.15) is 71.2 Å². The number of nitrogens with one attached hydrogen (secondary N) is 1. The van der Waals surface area contributed by atoms with Crippen molar-refractivity contribution in [3.63, 3.8) is 0 Å². The molecule has 0 fully saturated rings. The zero-order chi connectivity index (χ0) is 18.1. The number of aryl methyl sites for hydroxylation is 2. The van der Waals surface area contributed by atoms with E-state index in [0.717, 1.165) is 36.0 Å². The SMILES string of the molecule is CCc1nn(C)cc1CNc1cc(C(C)(C)C)nc(C(C)(C)C)n1. The summed E-state index contributed by atoms with van der Waals surface area (Å²) in [5.74, 6) is 1.75. The number of rotatable bonds is 4. The van der Waals surface area contributed by atoms with E-state index in [9.17, 15) is 0 Å². The molecule has 2 aromatic rings. The highest BCUT2D eigenvalue weighted by molar-refractivity contribution is 5.40. The summed E-state index contributed by atoms with van der Waals surface area (Å²) in [6.07, 6.45) is 3.00. The van der Waals surface area contributed by atoms with E-state index in [1.54, 1.807) is 0 Å². The molecule has 0 unspecified atom stereocenters. The first-order chi connectivity index (χ1) is 11.0. The molecule has 2 aromatic heterocycles. The predicted octanol–water partition coefficient (Wildman–Crippen LogP) is 3.98. The average molecular weight is 329 g/mol. The van der Waals surface area contributed by atoms with Crippen LogP contribution in [-0.4, -0.2) is 19.7 Å². The summed E-state index contributed by atoms with van der Waals surface area (Å²) < 4.78 is 1.87. The minimum atomic E-state index is -0.0828. The van der Waals surface area contributed by atoms with Gasteiger partial charge in [0.1, 0.15) is 11.6 Å². The minimum Gasteiger partial charge on any atom is -0.366 e. The molecule has 0 saturated carbocycles. The Morgan fingerprint density at radius 2 is 1.71 bits per heavy atom. The third kappa shape index (κ3) is 4.34. The smallest absolute Gasteiger partial charge is 0.136 e. The van der Waals surface area contributed by atoms with Crippen molar-refractivity contribution < 1.29 is 0 Å². The van der Waals surface area contributed by atoms with Gasteiger partial charge in [0.2, 0.25) is 0 Å². The van der Waals surface area contributed by atoms with E-state index in [1.165, 1.54) is 5.56 Å². The van der Waals surface area contributed by atoms with E-state index in [2.05, 4.69) is 71.1 Å². The minimum absolute atomic E-state index is 0.0117. The highest BCUT2D eigenvalue weighted by Gasteiger charge is 2.23. The quantitative estimate of drug-likeness (QED) is 0.922. The van der Waals surface area contributed by atoms with Gasteiger partial charge in [-0.3, -0.25) is 4.68 Å². The lowest BCUT2D eigenvalue weighted by Crippen LogP contribution is -2.22. The average Bonchev–Trinajstić information content (AvgIpc) is 2.83. The second kappa shape index (κ2) is 6.54. The molecule has 132 valence electrons. The zero-order valence-electron chi connectivity index (χ0n) is 16.4. The molecule has 5 nitrogen and oxygen atoms in total. The van der Waals surface area contributed by atoms with Crippen molar-refractivity contribution in [1.29, 1.82) is 0 Å². The Morgan fingerprint density at radius 3 is 2.25 bits per heavy atom. The summed E-state index contributed by atoms with van der Waals surface area (Å²) in [6, 6.07) is 2.07. The number of hydrogen-bond donors (Lipinski definition) is 1. The molecule has 0 atom stereocenters. The summed E-state index contributed by atoms with van der Waals surface area (Å²) in [4.78, 5) is 9.55. The molecule has 0 saturated heterocycles. The van der Waals surface area contributed by atoms with Crippen molar-refractivity contribution in [1.82, 2.24) is 19.7 Å². The van der Waals surface area contributed by atoms with Gasteiger partial charge in [-0.15, -0.1) is 0 Å². The normalized spacial score (nSPS) is 12.5. The third-order valence-corrected chi connectivity index (χ3v) is 3.95. The molecule has 0 aromatic carbocycles. The maximum Gasteiger partial charge on any atom is 0.136 e. The van der Waals surface area contributed by atoms with Crippen molar-refractivity contribution in [3.05, 3.63) is 35.0 Å². The van der Waals surface area contributed by atoms with Crippen molar-refractivity contribution in [3.8, 4) is 0 Å². The number of hydrogen-bond acceptors (Lipinski definition) is 4. The van der Waals surface area contributed by atoms with Gasteiger partial charge in [-0.25, -0.2) is 9.97 Å². The monoisotopic (exact) mass is 329 g/mol. The van der Waals surface area contributed by atoms with Crippen LogP contribution in [0.4, 0.5) is 5.82 Å². The van der Waals surface area contributed by atoms with Gasteiger partial charge in [0.05, 0.1) is 11.4 Å². The Hall–Kier alpha value is -1.91. The fraction of sp³-hybridized carbons (Fsp3) is 0.632. The van der Waals surface area contributed by atoms with Gasteiger partial charge in [-0.05, 0) is 6.42 Å². The van der Waals surface area contributed by atoms with E-state index in [-0.39, 0.29) is 10.8 Å².